The Morgan fingerprint density at radius 2 is 1.83 bits per heavy atom. The standard InChI is InChI=1S/C22H27N3O4/c1-3-29-19-8-6-17(15-20(19)28-2)7-9-21(26)24-11-13-25(14-12-24)22(27)18-5-4-10-23-16-18/h4-6,8,10,15-16H,3,7,9,11-14H2,1-2H3. The molecule has 0 spiro atoms. The van der Waals surface area contributed by atoms with Crippen molar-refractivity contribution in [1.29, 1.82) is 0 Å². The summed E-state index contributed by atoms with van der Waals surface area (Å²) in [6, 6.07) is 9.28. The van der Waals surface area contributed by atoms with Crippen LogP contribution in [-0.4, -0.2) is 66.5 Å². The van der Waals surface area contributed by atoms with Gasteiger partial charge in [0, 0.05) is 45.0 Å². The van der Waals surface area contributed by atoms with Gasteiger partial charge < -0.3 is 19.3 Å². The topological polar surface area (TPSA) is 72.0 Å². The van der Waals surface area contributed by atoms with Crippen molar-refractivity contribution in [3.63, 3.8) is 0 Å². The summed E-state index contributed by atoms with van der Waals surface area (Å²) in [5.41, 5.74) is 1.61. The number of carbonyl (C=O) groups excluding carboxylic acids is 2. The van der Waals surface area contributed by atoms with E-state index in [-0.39, 0.29) is 11.8 Å². The van der Waals surface area contributed by atoms with E-state index in [4.69, 9.17) is 9.47 Å². The average molecular weight is 397 g/mol. The minimum Gasteiger partial charge on any atom is -0.493 e. The van der Waals surface area contributed by atoms with Gasteiger partial charge in [0.05, 0.1) is 19.3 Å². The molecule has 1 fully saturated rings. The number of nitrogens with zero attached hydrogens (tertiary/aromatic N) is 3. The van der Waals surface area contributed by atoms with Crippen LogP contribution >= 0.6 is 0 Å². The third-order valence-corrected chi connectivity index (χ3v) is 4.98. The molecule has 0 unspecified atom stereocenters. The summed E-state index contributed by atoms with van der Waals surface area (Å²) in [6.45, 7) is 4.68. The number of amides is 2. The highest BCUT2D eigenvalue weighted by molar-refractivity contribution is 5.94. The lowest BCUT2D eigenvalue weighted by Gasteiger charge is -2.34. The van der Waals surface area contributed by atoms with E-state index in [0.717, 1.165) is 5.56 Å². The molecule has 1 aliphatic heterocycles. The Kier molecular flexibility index (Phi) is 7.05. The molecule has 1 aliphatic rings. The fourth-order valence-corrected chi connectivity index (χ4v) is 3.38. The molecule has 154 valence electrons. The molecule has 1 saturated heterocycles. The maximum atomic E-state index is 12.6. The number of pyridine rings is 1. The van der Waals surface area contributed by atoms with E-state index >= 15 is 0 Å². The monoisotopic (exact) mass is 397 g/mol. The largest absolute Gasteiger partial charge is 0.493 e. The van der Waals surface area contributed by atoms with E-state index in [9.17, 15) is 9.59 Å². The molecule has 3 rings (SSSR count). The summed E-state index contributed by atoms with van der Waals surface area (Å²) in [5.74, 6) is 1.46. The first kappa shape index (κ1) is 20.6. The molecule has 2 heterocycles. The van der Waals surface area contributed by atoms with E-state index in [1.54, 1.807) is 36.5 Å². The van der Waals surface area contributed by atoms with Crippen LogP contribution in [0.4, 0.5) is 0 Å². The van der Waals surface area contributed by atoms with Crippen molar-refractivity contribution < 1.29 is 19.1 Å². The second-order valence-electron chi connectivity index (χ2n) is 6.83. The van der Waals surface area contributed by atoms with Crippen LogP contribution in [0.3, 0.4) is 0 Å². The zero-order valence-electron chi connectivity index (χ0n) is 17.0. The molecule has 2 aromatic rings. The van der Waals surface area contributed by atoms with Crippen molar-refractivity contribution in [1.82, 2.24) is 14.8 Å². The molecule has 7 heteroatoms. The normalized spacial score (nSPS) is 13.9. The number of methoxy groups -OCH3 is 1. The Morgan fingerprint density at radius 3 is 2.48 bits per heavy atom. The molecule has 0 saturated carbocycles. The maximum absolute atomic E-state index is 12.6. The summed E-state index contributed by atoms with van der Waals surface area (Å²) in [7, 11) is 1.61. The van der Waals surface area contributed by atoms with Gasteiger partial charge in [-0.2, -0.15) is 0 Å². The van der Waals surface area contributed by atoms with Crippen molar-refractivity contribution in [3.8, 4) is 11.5 Å². The minimum atomic E-state index is -0.0355. The number of piperazine rings is 1. The first-order valence-electron chi connectivity index (χ1n) is 9.89. The molecule has 1 aromatic carbocycles. The molecule has 1 aromatic heterocycles. The lowest BCUT2D eigenvalue weighted by Crippen LogP contribution is -2.50. The van der Waals surface area contributed by atoms with Gasteiger partial charge in [-0.05, 0) is 43.2 Å². The van der Waals surface area contributed by atoms with Gasteiger partial charge in [0.25, 0.3) is 5.91 Å². The van der Waals surface area contributed by atoms with Crippen molar-refractivity contribution >= 4 is 11.8 Å². The van der Waals surface area contributed by atoms with E-state index in [0.29, 0.717) is 62.7 Å². The second kappa shape index (κ2) is 9.91. The van der Waals surface area contributed by atoms with E-state index in [1.165, 1.54) is 0 Å². The number of hydrogen-bond acceptors (Lipinski definition) is 5. The number of ether oxygens (including phenoxy) is 2. The fraction of sp³-hybridized carbons (Fsp3) is 0.409. The van der Waals surface area contributed by atoms with Gasteiger partial charge in [0.2, 0.25) is 5.91 Å². The maximum Gasteiger partial charge on any atom is 0.255 e. The zero-order chi connectivity index (χ0) is 20.6. The lowest BCUT2D eigenvalue weighted by molar-refractivity contribution is -0.132. The number of hydrogen-bond donors (Lipinski definition) is 0. The van der Waals surface area contributed by atoms with Crippen LogP contribution < -0.4 is 9.47 Å². The van der Waals surface area contributed by atoms with Gasteiger partial charge in [0.15, 0.2) is 11.5 Å². The Balaban J connectivity index is 1.49. The molecule has 7 nitrogen and oxygen atoms in total. The summed E-state index contributed by atoms with van der Waals surface area (Å²) in [5, 5.41) is 0. The predicted molar refractivity (Wildman–Crippen MR) is 109 cm³/mol. The van der Waals surface area contributed by atoms with Gasteiger partial charge in [-0.25, -0.2) is 0 Å². The highest BCUT2D eigenvalue weighted by Gasteiger charge is 2.24. The highest BCUT2D eigenvalue weighted by atomic mass is 16.5. The zero-order valence-corrected chi connectivity index (χ0v) is 17.0. The Bertz CT molecular complexity index is 833. The highest BCUT2D eigenvalue weighted by Crippen LogP contribution is 2.28. The lowest BCUT2D eigenvalue weighted by atomic mass is 10.1. The van der Waals surface area contributed by atoms with E-state index in [1.807, 2.05) is 30.0 Å². The third-order valence-electron chi connectivity index (χ3n) is 4.98. The Hall–Kier alpha value is -3.09. The molecule has 2 amide bonds. The van der Waals surface area contributed by atoms with Crippen LogP contribution in [0.15, 0.2) is 42.7 Å². The number of aryl methyl sites for hydroxylation is 1. The van der Waals surface area contributed by atoms with Crippen molar-refractivity contribution in [2.24, 2.45) is 0 Å². The van der Waals surface area contributed by atoms with Crippen molar-refractivity contribution in [3.05, 3.63) is 53.9 Å². The van der Waals surface area contributed by atoms with E-state index in [2.05, 4.69) is 4.98 Å². The molecular formula is C22H27N3O4. The number of rotatable bonds is 7. The smallest absolute Gasteiger partial charge is 0.255 e. The summed E-state index contributed by atoms with van der Waals surface area (Å²) in [6.07, 6.45) is 4.28. The summed E-state index contributed by atoms with van der Waals surface area (Å²) < 4.78 is 10.9. The number of carbonyl (C=O) groups is 2. The van der Waals surface area contributed by atoms with Crippen molar-refractivity contribution in [2.45, 2.75) is 19.8 Å². The minimum absolute atomic E-state index is 0.0355. The SMILES string of the molecule is CCOc1ccc(CCC(=O)N2CCN(C(=O)c3cccnc3)CC2)cc1OC. The molecule has 29 heavy (non-hydrogen) atoms. The van der Waals surface area contributed by atoms with Gasteiger partial charge in [-0.1, -0.05) is 6.07 Å². The Morgan fingerprint density at radius 1 is 1.07 bits per heavy atom. The number of benzene rings is 1. The predicted octanol–water partition coefficient (Wildman–Crippen LogP) is 2.41. The fourth-order valence-electron chi connectivity index (χ4n) is 3.38. The van der Waals surface area contributed by atoms with Crippen LogP contribution in [0.1, 0.15) is 29.3 Å². The third kappa shape index (κ3) is 5.25. The first-order chi connectivity index (χ1) is 14.1. The molecule has 0 bridgehead atoms. The van der Waals surface area contributed by atoms with Gasteiger partial charge in [-0.3, -0.25) is 14.6 Å². The molecule has 0 aliphatic carbocycles. The van der Waals surface area contributed by atoms with E-state index < -0.39 is 0 Å². The van der Waals surface area contributed by atoms with Crippen LogP contribution in [-0.2, 0) is 11.2 Å². The van der Waals surface area contributed by atoms with Crippen molar-refractivity contribution in [2.75, 3.05) is 39.9 Å². The molecule has 0 radical (unpaired) electrons. The quantitative estimate of drug-likeness (QED) is 0.717. The molecular weight excluding hydrogens is 370 g/mol. The number of aromatic nitrogens is 1. The Labute approximate surface area is 171 Å². The second-order valence-corrected chi connectivity index (χ2v) is 6.83. The van der Waals surface area contributed by atoms with Gasteiger partial charge >= 0.3 is 0 Å². The molecule has 0 atom stereocenters. The van der Waals surface area contributed by atoms with Crippen LogP contribution in [0.5, 0.6) is 11.5 Å². The first-order valence-corrected chi connectivity index (χ1v) is 9.89. The van der Waals surface area contributed by atoms with Gasteiger partial charge in [-0.15, -0.1) is 0 Å². The van der Waals surface area contributed by atoms with Gasteiger partial charge in [0.1, 0.15) is 0 Å². The summed E-state index contributed by atoms with van der Waals surface area (Å²) >= 11 is 0. The van der Waals surface area contributed by atoms with Crippen LogP contribution in [0, 0.1) is 0 Å². The average Bonchev–Trinajstić information content (AvgIpc) is 2.78. The summed E-state index contributed by atoms with van der Waals surface area (Å²) in [4.78, 5) is 32.7. The molecule has 0 N–H and O–H groups in total. The van der Waals surface area contributed by atoms with Crippen LogP contribution in [0.2, 0.25) is 0 Å². The van der Waals surface area contributed by atoms with Crippen LogP contribution in [0.25, 0.3) is 0 Å².